The Balaban J connectivity index is 3.08. The summed E-state index contributed by atoms with van der Waals surface area (Å²) in [6.45, 7) is 5.20. The minimum absolute atomic E-state index is 0.0575. The molecule has 0 aliphatic rings. The smallest absolute Gasteiger partial charge is 0.349 e. The van der Waals surface area contributed by atoms with Gasteiger partial charge in [0, 0.05) is 24.9 Å². The van der Waals surface area contributed by atoms with Crippen LogP contribution in [0.3, 0.4) is 0 Å². The van der Waals surface area contributed by atoms with Crippen molar-refractivity contribution in [1.82, 2.24) is 5.32 Å². The molecule has 1 unspecified atom stereocenters. The topological polar surface area (TPSA) is 88.7 Å². The van der Waals surface area contributed by atoms with Gasteiger partial charge in [-0.05, 0) is 24.2 Å². The van der Waals surface area contributed by atoms with Crippen molar-refractivity contribution in [3.05, 3.63) is 45.0 Å². The third-order valence-corrected chi connectivity index (χ3v) is 3.36. The average molecular weight is 306 g/mol. The summed E-state index contributed by atoms with van der Waals surface area (Å²) in [6, 6.07) is 1.40. The molecule has 120 valence electrons. The fourth-order valence-electron chi connectivity index (χ4n) is 2.02. The summed E-state index contributed by atoms with van der Waals surface area (Å²) < 4.78 is 5.23. The van der Waals surface area contributed by atoms with Crippen molar-refractivity contribution in [2.45, 2.75) is 39.5 Å². The maximum absolute atomic E-state index is 12.0. The fourth-order valence-corrected chi connectivity index (χ4v) is 2.02. The van der Waals surface area contributed by atoms with Crippen LogP contribution in [0.15, 0.2) is 32.7 Å². The summed E-state index contributed by atoms with van der Waals surface area (Å²) in [4.78, 5) is 35.0. The van der Waals surface area contributed by atoms with E-state index in [0.717, 1.165) is 12.8 Å². The zero-order valence-corrected chi connectivity index (χ0v) is 13.4. The first-order chi connectivity index (χ1) is 10.4. The van der Waals surface area contributed by atoms with E-state index in [1.54, 1.807) is 13.8 Å². The highest BCUT2D eigenvalue weighted by Gasteiger charge is 2.23. The molecule has 1 aromatic heterocycles. The van der Waals surface area contributed by atoms with E-state index in [4.69, 9.17) is 4.42 Å². The third kappa shape index (κ3) is 4.38. The van der Waals surface area contributed by atoms with E-state index in [2.05, 4.69) is 10.5 Å². The highest BCUT2D eigenvalue weighted by atomic mass is 16.4. The zero-order valence-electron chi connectivity index (χ0n) is 13.4. The Morgan fingerprint density at radius 3 is 2.64 bits per heavy atom. The minimum atomic E-state index is -0.789. The van der Waals surface area contributed by atoms with Gasteiger partial charge in [-0.25, -0.2) is 4.79 Å². The number of nitroso groups, excluding NO2 is 1. The number of nitrogens with one attached hydrogen (secondary N) is 1. The largest absolute Gasteiger partial charge is 0.427 e. The van der Waals surface area contributed by atoms with Crippen LogP contribution < -0.4 is 10.9 Å². The first-order valence-corrected chi connectivity index (χ1v) is 7.30. The summed E-state index contributed by atoms with van der Waals surface area (Å²) in [5, 5.41) is 5.72. The highest BCUT2D eigenvalue weighted by Crippen LogP contribution is 2.26. The van der Waals surface area contributed by atoms with Crippen molar-refractivity contribution < 1.29 is 9.21 Å². The number of nitrogens with zero attached hydrogens (tertiary/aromatic N) is 1. The van der Waals surface area contributed by atoms with Crippen LogP contribution in [0.4, 0.5) is 5.69 Å². The number of hydrogen-bond acceptors (Lipinski definition) is 6. The lowest BCUT2D eigenvalue weighted by molar-refractivity contribution is 0.0935. The molecule has 0 aromatic carbocycles. The molecule has 0 spiro atoms. The van der Waals surface area contributed by atoms with Crippen LogP contribution in [0.25, 0.3) is 0 Å². The number of ketones is 1. The second-order valence-corrected chi connectivity index (χ2v) is 5.48. The van der Waals surface area contributed by atoms with Gasteiger partial charge < -0.3 is 9.73 Å². The molecule has 1 N–H and O–H groups in total. The maximum atomic E-state index is 12.0. The van der Waals surface area contributed by atoms with E-state index in [0.29, 0.717) is 5.76 Å². The van der Waals surface area contributed by atoms with Gasteiger partial charge in [0.25, 0.3) is 0 Å². The van der Waals surface area contributed by atoms with Crippen molar-refractivity contribution in [2.75, 3.05) is 7.05 Å². The molecule has 0 saturated carbocycles. The standard InChI is InChI=1S/C16H22N2O4/c1-10(2)15(19)14-12(18-21)9-13(22-16(14)20)11(3)7-5-6-8-17-4/h6,8-11,17H,5,7H2,1-4H3/b8-6+. The van der Waals surface area contributed by atoms with Crippen LogP contribution in [-0.4, -0.2) is 12.8 Å². The molecule has 0 fully saturated rings. The third-order valence-electron chi connectivity index (χ3n) is 3.36. The summed E-state index contributed by atoms with van der Waals surface area (Å²) >= 11 is 0. The van der Waals surface area contributed by atoms with Gasteiger partial charge in [0.1, 0.15) is 17.0 Å². The Bertz CT molecular complexity index is 617. The second-order valence-electron chi connectivity index (χ2n) is 5.48. The second kappa shape index (κ2) is 8.26. The van der Waals surface area contributed by atoms with Crippen LogP contribution in [-0.2, 0) is 0 Å². The quantitative estimate of drug-likeness (QED) is 0.586. The van der Waals surface area contributed by atoms with Crippen molar-refractivity contribution in [3.63, 3.8) is 0 Å². The molecule has 6 nitrogen and oxygen atoms in total. The number of allylic oxidation sites excluding steroid dienone is 1. The van der Waals surface area contributed by atoms with Gasteiger partial charge in [-0.15, -0.1) is 4.91 Å². The van der Waals surface area contributed by atoms with E-state index in [9.17, 15) is 14.5 Å². The normalized spacial score (nSPS) is 12.6. The van der Waals surface area contributed by atoms with E-state index in [1.165, 1.54) is 6.07 Å². The average Bonchev–Trinajstić information content (AvgIpc) is 2.49. The van der Waals surface area contributed by atoms with E-state index < -0.39 is 17.3 Å². The fraction of sp³-hybridized carbons (Fsp3) is 0.500. The summed E-state index contributed by atoms with van der Waals surface area (Å²) in [5.74, 6) is -0.520. The van der Waals surface area contributed by atoms with Crippen LogP contribution in [0.1, 0.15) is 55.6 Å². The molecule has 1 heterocycles. The molecule has 1 atom stereocenters. The molecule has 0 amide bonds. The zero-order chi connectivity index (χ0) is 16.7. The number of Topliss-reactive ketones (excluding diaryl/α,β-unsaturated/α-hetero) is 1. The molecule has 0 aliphatic carbocycles. The molecule has 1 rings (SSSR count). The monoisotopic (exact) mass is 306 g/mol. The molecule has 22 heavy (non-hydrogen) atoms. The SMILES string of the molecule is CN/C=C/CCC(C)c1cc(N=O)c(C(=O)C(C)C)c(=O)o1. The van der Waals surface area contributed by atoms with E-state index in [-0.39, 0.29) is 17.2 Å². The molecular weight excluding hydrogens is 284 g/mol. The van der Waals surface area contributed by atoms with Gasteiger partial charge in [-0.1, -0.05) is 26.8 Å². The summed E-state index contributed by atoms with van der Waals surface area (Å²) in [5.41, 5.74) is -1.18. The Hall–Kier alpha value is -2.24. The maximum Gasteiger partial charge on any atom is 0.349 e. The van der Waals surface area contributed by atoms with Gasteiger partial charge in [-0.3, -0.25) is 4.79 Å². The predicted octanol–water partition coefficient (Wildman–Crippen LogP) is 3.49. The lowest BCUT2D eigenvalue weighted by Gasteiger charge is -2.11. The van der Waals surface area contributed by atoms with Crippen LogP contribution in [0, 0.1) is 10.8 Å². The lowest BCUT2D eigenvalue weighted by atomic mass is 9.98. The summed E-state index contributed by atoms with van der Waals surface area (Å²) in [7, 11) is 1.81. The van der Waals surface area contributed by atoms with Crippen LogP contribution >= 0.6 is 0 Å². The van der Waals surface area contributed by atoms with Crippen LogP contribution in [0.5, 0.6) is 0 Å². The van der Waals surface area contributed by atoms with E-state index in [1.807, 2.05) is 26.2 Å². The Labute approximate surface area is 129 Å². The van der Waals surface area contributed by atoms with Crippen molar-refractivity contribution in [3.8, 4) is 0 Å². The molecule has 0 bridgehead atoms. The summed E-state index contributed by atoms with van der Waals surface area (Å²) in [6.07, 6.45) is 5.33. The lowest BCUT2D eigenvalue weighted by Crippen LogP contribution is -2.19. The Morgan fingerprint density at radius 2 is 2.09 bits per heavy atom. The molecule has 0 aliphatic heterocycles. The number of hydrogen-bond donors (Lipinski definition) is 1. The minimum Gasteiger partial charge on any atom is -0.427 e. The molecule has 0 saturated heterocycles. The first-order valence-electron chi connectivity index (χ1n) is 7.30. The van der Waals surface area contributed by atoms with Gasteiger partial charge in [0.2, 0.25) is 0 Å². The van der Waals surface area contributed by atoms with Gasteiger partial charge in [-0.2, -0.15) is 0 Å². The Morgan fingerprint density at radius 1 is 1.41 bits per heavy atom. The van der Waals surface area contributed by atoms with Crippen molar-refractivity contribution in [2.24, 2.45) is 11.1 Å². The molecule has 6 heteroatoms. The Kier molecular flexibility index (Phi) is 6.69. The van der Waals surface area contributed by atoms with Gasteiger partial charge in [0.15, 0.2) is 5.78 Å². The van der Waals surface area contributed by atoms with Gasteiger partial charge >= 0.3 is 5.63 Å². The number of rotatable bonds is 8. The van der Waals surface area contributed by atoms with Crippen LogP contribution in [0.2, 0.25) is 0 Å². The molecular formula is C16H22N2O4. The highest BCUT2D eigenvalue weighted by molar-refractivity contribution is 6.01. The number of carbonyl (C=O) groups excluding carboxylic acids is 1. The first kappa shape index (κ1) is 17.8. The molecule has 0 radical (unpaired) electrons. The van der Waals surface area contributed by atoms with E-state index >= 15 is 0 Å². The van der Waals surface area contributed by atoms with Gasteiger partial charge in [0.05, 0.1) is 0 Å². The number of carbonyl (C=O) groups is 1. The van der Waals surface area contributed by atoms with Crippen molar-refractivity contribution >= 4 is 11.5 Å². The predicted molar refractivity (Wildman–Crippen MR) is 85.5 cm³/mol. The molecule has 1 aromatic rings. The van der Waals surface area contributed by atoms with Crippen molar-refractivity contribution in [1.29, 1.82) is 0 Å².